The van der Waals surface area contributed by atoms with E-state index in [1.54, 1.807) is 0 Å². The highest BCUT2D eigenvalue weighted by atomic mass is 15.2. The van der Waals surface area contributed by atoms with Crippen LogP contribution in [0.25, 0.3) is 0 Å². The fourth-order valence-corrected chi connectivity index (χ4v) is 2.20. The number of rotatable bonds is 7. The van der Waals surface area contributed by atoms with Crippen molar-refractivity contribution in [2.45, 2.75) is 58.0 Å². The zero-order chi connectivity index (χ0) is 12.2. The molecule has 0 saturated heterocycles. The van der Waals surface area contributed by atoms with E-state index < -0.39 is 5.54 Å². The van der Waals surface area contributed by atoms with Crippen molar-refractivity contribution in [3.8, 4) is 6.07 Å². The molecule has 3 nitrogen and oxygen atoms in total. The molecular weight excluding hydrogens is 198 g/mol. The number of nitrogens with two attached hydrogens (primary N) is 1. The Hall–Kier alpha value is -0.590. The van der Waals surface area contributed by atoms with Gasteiger partial charge in [0, 0.05) is 12.6 Å². The molecule has 0 aromatic heterocycles. The smallest absolute Gasteiger partial charge is 0.102 e. The molecule has 16 heavy (non-hydrogen) atoms. The average Bonchev–Trinajstić information content (AvgIpc) is 3.00. The van der Waals surface area contributed by atoms with Crippen LogP contribution in [0, 0.1) is 17.2 Å². The third-order valence-corrected chi connectivity index (χ3v) is 3.30. The summed E-state index contributed by atoms with van der Waals surface area (Å²) >= 11 is 0. The normalized spacial score (nSPS) is 21.5. The lowest BCUT2D eigenvalue weighted by molar-refractivity contribution is 0.177. The summed E-state index contributed by atoms with van der Waals surface area (Å²) in [7, 11) is 0. The Morgan fingerprint density at radius 2 is 2.19 bits per heavy atom. The Morgan fingerprint density at radius 3 is 2.62 bits per heavy atom. The molecule has 0 amide bonds. The number of nitriles is 1. The molecular formula is C13H25N3. The molecule has 92 valence electrons. The summed E-state index contributed by atoms with van der Waals surface area (Å²) in [5.74, 6) is 0.903. The summed E-state index contributed by atoms with van der Waals surface area (Å²) in [6, 6.07) is 2.60. The van der Waals surface area contributed by atoms with Crippen LogP contribution in [0.5, 0.6) is 0 Å². The van der Waals surface area contributed by atoms with E-state index in [2.05, 4.69) is 24.8 Å². The van der Waals surface area contributed by atoms with Crippen molar-refractivity contribution in [1.29, 1.82) is 5.26 Å². The highest BCUT2D eigenvalue weighted by molar-refractivity contribution is 5.02. The molecule has 0 aromatic carbocycles. The van der Waals surface area contributed by atoms with E-state index in [0.717, 1.165) is 18.9 Å². The minimum absolute atomic E-state index is 0.412. The molecule has 1 rings (SSSR count). The van der Waals surface area contributed by atoms with Gasteiger partial charge in [0.25, 0.3) is 0 Å². The lowest BCUT2D eigenvalue weighted by Gasteiger charge is -2.32. The fourth-order valence-electron chi connectivity index (χ4n) is 2.20. The van der Waals surface area contributed by atoms with Gasteiger partial charge in [-0.05, 0) is 52.0 Å². The predicted octanol–water partition coefficient (Wildman–Crippen LogP) is 2.13. The SMILES string of the molecule is CCCN(CC1CC1)C(C)CC(C)(N)C#N. The van der Waals surface area contributed by atoms with Crippen LogP contribution in [0.2, 0.25) is 0 Å². The minimum Gasteiger partial charge on any atom is -0.314 e. The van der Waals surface area contributed by atoms with Gasteiger partial charge >= 0.3 is 0 Å². The van der Waals surface area contributed by atoms with Gasteiger partial charge in [0.1, 0.15) is 5.54 Å². The molecule has 1 saturated carbocycles. The van der Waals surface area contributed by atoms with E-state index in [1.807, 2.05) is 6.92 Å². The Kier molecular flexibility index (Phi) is 4.76. The highest BCUT2D eigenvalue weighted by Crippen LogP contribution is 2.31. The van der Waals surface area contributed by atoms with Gasteiger partial charge in [-0.2, -0.15) is 5.26 Å². The summed E-state index contributed by atoms with van der Waals surface area (Å²) in [4.78, 5) is 2.50. The topological polar surface area (TPSA) is 53.0 Å². The molecule has 1 fully saturated rings. The molecule has 2 atom stereocenters. The van der Waals surface area contributed by atoms with Gasteiger partial charge in [-0.3, -0.25) is 0 Å². The summed E-state index contributed by atoms with van der Waals surface area (Å²) in [5, 5.41) is 8.96. The third kappa shape index (κ3) is 4.51. The maximum absolute atomic E-state index is 8.96. The second kappa shape index (κ2) is 5.65. The number of nitrogens with zero attached hydrogens (tertiary/aromatic N) is 2. The Bertz CT molecular complexity index is 250. The maximum atomic E-state index is 8.96. The van der Waals surface area contributed by atoms with Crippen molar-refractivity contribution in [3.63, 3.8) is 0 Å². The van der Waals surface area contributed by atoms with Crippen molar-refractivity contribution in [2.24, 2.45) is 11.7 Å². The third-order valence-electron chi connectivity index (χ3n) is 3.30. The lowest BCUT2D eigenvalue weighted by atomic mass is 9.95. The Balaban J connectivity index is 2.45. The molecule has 0 heterocycles. The molecule has 3 heteroatoms. The molecule has 0 aliphatic heterocycles. The first-order chi connectivity index (χ1) is 7.48. The summed E-state index contributed by atoms with van der Waals surface area (Å²) in [6.45, 7) is 8.54. The van der Waals surface area contributed by atoms with Gasteiger partial charge in [-0.25, -0.2) is 0 Å². The molecule has 1 aliphatic carbocycles. The van der Waals surface area contributed by atoms with Gasteiger partial charge in [0.2, 0.25) is 0 Å². The maximum Gasteiger partial charge on any atom is 0.102 e. The van der Waals surface area contributed by atoms with Gasteiger partial charge in [0.15, 0.2) is 0 Å². The van der Waals surface area contributed by atoms with Crippen molar-refractivity contribution in [3.05, 3.63) is 0 Å². The van der Waals surface area contributed by atoms with E-state index in [-0.39, 0.29) is 0 Å². The largest absolute Gasteiger partial charge is 0.314 e. The summed E-state index contributed by atoms with van der Waals surface area (Å²) in [5.41, 5.74) is 5.22. The Labute approximate surface area is 99.6 Å². The van der Waals surface area contributed by atoms with Gasteiger partial charge in [0.05, 0.1) is 6.07 Å². The first kappa shape index (κ1) is 13.5. The number of hydrogen-bond donors (Lipinski definition) is 1. The second-order valence-electron chi connectivity index (χ2n) is 5.52. The van der Waals surface area contributed by atoms with E-state index >= 15 is 0 Å². The molecule has 0 spiro atoms. The van der Waals surface area contributed by atoms with Crippen LogP contribution in [0.1, 0.15) is 46.5 Å². The standard InChI is InChI=1S/C13H25N3/c1-4-7-16(9-12-5-6-12)11(2)8-13(3,15)10-14/h11-12H,4-9,15H2,1-3H3. The van der Waals surface area contributed by atoms with Crippen LogP contribution in [0.4, 0.5) is 0 Å². The van der Waals surface area contributed by atoms with Crippen LogP contribution < -0.4 is 5.73 Å². The molecule has 2 unspecified atom stereocenters. The first-order valence-corrected chi connectivity index (χ1v) is 6.42. The van der Waals surface area contributed by atoms with Gasteiger partial charge < -0.3 is 10.6 Å². The fraction of sp³-hybridized carbons (Fsp3) is 0.923. The molecule has 0 aromatic rings. The second-order valence-corrected chi connectivity index (χ2v) is 5.52. The van der Waals surface area contributed by atoms with Crippen molar-refractivity contribution in [1.82, 2.24) is 4.90 Å². The predicted molar refractivity (Wildman–Crippen MR) is 66.9 cm³/mol. The highest BCUT2D eigenvalue weighted by Gasteiger charge is 2.29. The zero-order valence-electron chi connectivity index (χ0n) is 10.9. The van der Waals surface area contributed by atoms with E-state index in [4.69, 9.17) is 11.0 Å². The van der Waals surface area contributed by atoms with Gasteiger partial charge in [-0.1, -0.05) is 6.92 Å². The lowest BCUT2D eigenvalue weighted by Crippen LogP contribution is -2.44. The van der Waals surface area contributed by atoms with Crippen molar-refractivity contribution < 1.29 is 0 Å². The average molecular weight is 223 g/mol. The molecule has 0 bridgehead atoms. The minimum atomic E-state index is -0.686. The van der Waals surface area contributed by atoms with Gasteiger partial charge in [-0.15, -0.1) is 0 Å². The number of hydrogen-bond acceptors (Lipinski definition) is 3. The van der Waals surface area contributed by atoms with Crippen LogP contribution in [-0.2, 0) is 0 Å². The molecule has 0 radical (unpaired) electrons. The van der Waals surface area contributed by atoms with Crippen molar-refractivity contribution >= 4 is 0 Å². The zero-order valence-corrected chi connectivity index (χ0v) is 10.9. The van der Waals surface area contributed by atoms with Crippen molar-refractivity contribution in [2.75, 3.05) is 13.1 Å². The van der Waals surface area contributed by atoms with Crippen LogP contribution in [-0.4, -0.2) is 29.6 Å². The molecule has 2 N–H and O–H groups in total. The van der Waals surface area contributed by atoms with Crippen LogP contribution >= 0.6 is 0 Å². The van der Waals surface area contributed by atoms with E-state index in [1.165, 1.54) is 25.8 Å². The van der Waals surface area contributed by atoms with Crippen LogP contribution in [0.3, 0.4) is 0 Å². The van der Waals surface area contributed by atoms with Crippen LogP contribution in [0.15, 0.2) is 0 Å². The quantitative estimate of drug-likeness (QED) is 0.719. The molecule has 1 aliphatic rings. The summed E-state index contributed by atoms with van der Waals surface area (Å²) in [6.07, 6.45) is 4.69. The Morgan fingerprint density at radius 1 is 1.56 bits per heavy atom. The van der Waals surface area contributed by atoms with E-state index in [9.17, 15) is 0 Å². The monoisotopic (exact) mass is 223 g/mol. The first-order valence-electron chi connectivity index (χ1n) is 6.42. The van der Waals surface area contributed by atoms with E-state index in [0.29, 0.717) is 6.04 Å². The summed E-state index contributed by atoms with van der Waals surface area (Å²) < 4.78 is 0.